The van der Waals surface area contributed by atoms with E-state index in [0.29, 0.717) is 6.04 Å². The molecule has 0 saturated carbocycles. The number of rotatable bonds is 7. The third-order valence-corrected chi connectivity index (χ3v) is 5.29. The number of pyridine rings is 1. The highest BCUT2D eigenvalue weighted by molar-refractivity contribution is 9.10. The molecule has 0 spiro atoms. The maximum Gasteiger partial charge on any atom is 0.115 e. The summed E-state index contributed by atoms with van der Waals surface area (Å²) in [6.07, 6.45) is 4.07. The number of benzene rings is 1. The van der Waals surface area contributed by atoms with E-state index in [2.05, 4.69) is 64.3 Å². The molecule has 0 saturated heterocycles. The van der Waals surface area contributed by atoms with E-state index in [1.54, 1.807) is 11.8 Å². The average Bonchev–Trinajstić information content (AvgIpc) is 2.52. The van der Waals surface area contributed by atoms with E-state index < -0.39 is 0 Å². The summed E-state index contributed by atoms with van der Waals surface area (Å²) < 4.78 is 1.04. The number of nitrogens with zero attached hydrogens (tertiary/aromatic N) is 1. The molecule has 2 nitrogen and oxygen atoms in total. The first kappa shape index (κ1) is 16.5. The van der Waals surface area contributed by atoms with Gasteiger partial charge in [0, 0.05) is 17.1 Å². The fourth-order valence-electron chi connectivity index (χ4n) is 2.20. The summed E-state index contributed by atoms with van der Waals surface area (Å²) in [6, 6.07) is 13.0. The minimum atomic E-state index is 0.399. The van der Waals surface area contributed by atoms with E-state index in [9.17, 15) is 0 Å². The van der Waals surface area contributed by atoms with Gasteiger partial charge < -0.3 is 5.32 Å². The van der Waals surface area contributed by atoms with Crippen molar-refractivity contribution in [3.63, 3.8) is 0 Å². The van der Waals surface area contributed by atoms with Gasteiger partial charge in [-0.05, 0) is 59.1 Å². The van der Waals surface area contributed by atoms with E-state index >= 15 is 0 Å². The minimum Gasteiger partial charge on any atom is -0.310 e. The molecule has 0 aliphatic carbocycles. The molecule has 0 radical (unpaired) electrons. The van der Waals surface area contributed by atoms with Crippen LogP contribution in [0.1, 0.15) is 38.3 Å². The van der Waals surface area contributed by atoms with Gasteiger partial charge in [-0.1, -0.05) is 43.8 Å². The van der Waals surface area contributed by atoms with Crippen LogP contribution < -0.4 is 5.32 Å². The predicted octanol–water partition coefficient (Wildman–Crippen LogP) is 5.45. The number of aromatic nitrogens is 1. The molecule has 1 atom stereocenters. The maximum atomic E-state index is 4.46. The maximum absolute atomic E-state index is 4.46. The second kappa shape index (κ2) is 8.57. The van der Waals surface area contributed by atoms with Gasteiger partial charge in [0.15, 0.2) is 0 Å². The molecular weight excluding hydrogens is 344 g/mol. The topological polar surface area (TPSA) is 24.9 Å². The van der Waals surface area contributed by atoms with Crippen LogP contribution in [0, 0.1) is 0 Å². The fraction of sp³-hybridized carbons (Fsp3) is 0.353. The molecule has 0 aliphatic heterocycles. The van der Waals surface area contributed by atoms with E-state index in [4.69, 9.17) is 0 Å². The molecular formula is C17H21BrN2S. The summed E-state index contributed by atoms with van der Waals surface area (Å²) in [5, 5.41) is 4.64. The van der Waals surface area contributed by atoms with Crippen molar-refractivity contribution < 1.29 is 0 Å². The summed E-state index contributed by atoms with van der Waals surface area (Å²) in [5.74, 6) is 0. The average molecular weight is 365 g/mol. The number of nitrogens with one attached hydrogen (secondary N) is 1. The number of halogens is 1. The summed E-state index contributed by atoms with van der Waals surface area (Å²) >= 11 is 5.30. The van der Waals surface area contributed by atoms with Crippen molar-refractivity contribution in [2.45, 2.75) is 42.7 Å². The lowest BCUT2D eigenvalue weighted by Crippen LogP contribution is -2.21. The number of hydrogen-bond donors (Lipinski definition) is 1. The second-order valence-corrected chi connectivity index (χ2v) is 6.73. The molecule has 112 valence electrons. The zero-order valence-electron chi connectivity index (χ0n) is 12.5. The Hall–Kier alpha value is -0.840. The lowest BCUT2D eigenvalue weighted by atomic mass is 10.0. The molecule has 0 amide bonds. The Bertz CT molecular complexity index is 574. The Balaban J connectivity index is 2.26. The van der Waals surface area contributed by atoms with Gasteiger partial charge in [-0.15, -0.1) is 0 Å². The van der Waals surface area contributed by atoms with E-state index in [1.165, 1.54) is 10.5 Å². The van der Waals surface area contributed by atoms with Crippen LogP contribution in [-0.4, -0.2) is 11.5 Å². The van der Waals surface area contributed by atoms with E-state index in [1.807, 2.05) is 18.3 Å². The Kier molecular flexibility index (Phi) is 6.74. The minimum absolute atomic E-state index is 0.399. The molecule has 0 bridgehead atoms. The first-order chi connectivity index (χ1) is 10.3. The van der Waals surface area contributed by atoms with Crippen molar-refractivity contribution in [3.05, 3.63) is 52.6 Å². The van der Waals surface area contributed by atoms with Gasteiger partial charge in [-0.3, -0.25) is 0 Å². The molecule has 2 aromatic rings. The van der Waals surface area contributed by atoms with E-state index in [0.717, 1.165) is 28.9 Å². The molecule has 1 unspecified atom stereocenters. The standard InChI is InChI=1S/C17H21BrN2S/c1-3-11-19-15(4-2)13-8-5-6-10-16(13)21-17-14(18)9-7-12-20-17/h5-10,12,15,19H,3-4,11H2,1-2H3. The summed E-state index contributed by atoms with van der Waals surface area (Å²) in [6.45, 7) is 5.47. The van der Waals surface area contributed by atoms with Crippen LogP contribution in [0.4, 0.5) is 0 Å². The van der Waals surface area contributed by atoms with Gasteiger partial charge in [0.05, 0.1) is 4.47 Å². The first-order valence-corrected chi connectivity index (χ1v) is 8.97. The normalized spacial score (nSPS) is 12.3. The lowest BCUT2D eigenvalue weighted by molar-refractivity contribution is 0.512. The zero-order chi connectivity index (χ0) is 15.1. The van der Waals surface area contributed by atoms with Crippen LogP contribution in [0.5, 0.6) is 0 Å². The third-order valence-electron chi connectivity index (χ3n) is 3.27. The van der Waals surface area contributed by atoms with Crippen molar-refractivity contribution in [1.82, 2.24) is 10.3 Å². The van der Waals surface area contributed by atoms with Crippen molar-refractivity contribution in [1.29, 1.82) is 0 Å². The quantitative estimate of drug-likeness (QED) is 0.707. The third kappa shape index (κ3) is 4.56. The Morgan fingerprint density at radius 3 is 2.71 bits per heavy atom. The van der Waals surface area contributed by atoms with Gasteiger partial charge >= 0.3 is 0 Å². The highest BCUT2D eigenvalue weighted by Crippen LogP contribution is 2.36. The van der Waals surface area contributed by atoms with Crippen LogP contribution in [0.25, 0.3) is 0 Å². The largest absolute Gasteiger partial charge is 0.310 e. The molecule has 1 N–H and O–H groups in total. The van der Waals surface area contributed by atoms with Crippen molar-refractivity contribution >= 4 is 27.7 Å². The molecule has 2 rings (SSSR count). The van der Waals surface area contributed by atoms with Crippen molar-refractivity contribution in [2.24, 2.45) is 0 Å². The predicted molar refractivity (Wildman–Crippen MR) is 93.8 cm³/mol. The molecule has 1 heterocycles. The van der Waals surface area contributed by atoms with E-state index in [-0.39, 0.29) is 0 Å². The molecule has 1 aromatic carbocycles. The van der Waals surface area contributed by atoms with Crippen LogP contribution in [0.3, 0.4) is 0 Å². The molecule has 0 fully saturated rings. The van der Waals surface area contributed by atoms with Crippen molar-refractivity contribution in [2.75, 3.05) is 6.54 Å². The zero-order valence-corrected chi connectivity index (χ0v) is 14.9. The SMILES string of the molecule is CCCNC(CC)c1ccccc1Sc1ncccc1Br. The summed E-state index contributed by atoms with van der Waals surface area (Å²) in [5.41, 5.74) is 1.36. The Morgan fingerprint density at radius 2 is 2.00 bits per heavy atom. The lowest BCUT2D eigenvalue weighted by Gasteiger charge is -2.20. The number of hydrogen-bond acceptors (Lipinski definition) is 3. The van der Waals surface area contributed by atoms with Crippen LogP contribution in [0.2, 0.25) is 0 Å². The fourth-order valence-corrected chi connectivity index (χ4v) is 3.66. The molecule has 0 aliphatic rings. The summed E-state index contributed by atoms with van der Waals surface area (Å²) in [4.78, 5) is 5.73. The monoisotopic (exact) mass is 364 g/mol. The second-order valence-electron chi connectivity index (χ2n) is 4.85. The van der Waals surface area contributed by atoms with Gasteiger partial charge in [0.1, 0.15) is 5.03 Å². The molecule has 21 heavy (non-hydrogen) atoms. The van der Waals surface area contributed by atoms with Crippen molar-refractivity contribution in [3.8, 4) is 0 Å². The van der Waals surface area contributed by atoms with Gasteiger partial charge in [0.25, 0.3) is 0 Å². The Morgan fingerprint density at radius 1 is 1.19 bits per heavy atom. The highest BCUT2D eigenvalue weighted by Gasteiger charge is 2.14. The highest BCUT2D eigenvalue weighted by atomic mass is 79.9. The van der Waals surface area contributed by atoms with Crippen LogP contribution in [-0.2, 0) is 0 Å². The van der Waals surface area contributed by atoms with Crippen LogP contribution >= 0.6 is 27.7 Å². The van der Waals surface area contributed by atoms with Gasteiger partial charge in [-0.25, -0.2) is 4.98 Å². The molecule has 4 heteroatoms. The molecule has 1 aromatic heterocycles. The smallest absolute Gasteiger partial charge is 0.115 e. The Labute approximate surface area is 139 Å². The van der Waals surface area contributed by atoms with Gasteiger partial charge in [0.2, 0.25) is 0 Å². The van der Waals surface area contributed by atoms with Gasteiger partial charge in [-0.2, -0.15) is 0 Å². The van der Waals surface area contributed by atoms with Crippen LogP contribution in [0.15, 0.2) is 57.0 Å². The first-order valence-electron chi connectivity index (χ1n) is 7.37. The summed E-state index contributed by atoms with van der Waals surface area (Å²) in [7, 11) is 0.